The molecule has 0 saturated heterocycles. The monoisotopic (exact) mass is 304 g/mol. The lowest BCUT2D eigenvalue weighted by Gasteiger charge is -2.10. The van der Waals surface area contributed by atoms with Crippen molar-refractivity contribution in [3.63, 3.8) is 0 Å². The van der Waals surface area contributed by atoms with Crippen LogP contribution in [-0.4, -0.2) is 15.5 Å². The number of nitrogens with one attached hydrogen (secondary N) is 1. The van der Waals surface area contributed by atoms with Gasteiger partial charge in [0.1, 0.15) is 6.54 Å². The molecule has 0 spiro atoms. The zero-order valence-electron chi connectivity index (χ0n) is 12.1. The molecule has 0 aliphatic heterocycles. The lowest BCUT2D eigenvalue weighted by Crippen LogP contribution is -2.28. The summed E-state index contributed by atoms with van der Waals surface area (Å²) in [6.07, 6.45) is 1.20. The highest BCUT2D eigenvalue weighted by atomic mass is 16.2. The normalized spacial score (nSPS) is 10.2. The number of rotatable bonds is 3. The maximum atomic E-state index is 12.2. The van der Waals surface area contributed by atoms with E-state index < -0.39 is 0 Å². The Labute approximate surface area is 131 Å². The van der Waals surface area contributed by atoms with E-state index in [0.29, 0.717) is 22.3 Å². The van der Waals surface area contributed by atoms with Gasteiger partial charge in [-0.25, -0.2) is 4.98 Å². The van der Waals surface area contributed by atoms with E-state index in [4.69, 9.17) is 5.26 Å². The first kappa shape index (κ1) is 14.5. The van der Waals surface area contributed by atoms with Gasteiger partial charge in [0.2, 0.25) is 5.91 Å². The van der Waals surface area contributed by atoms with E-state index >= 15 is 0 Å². The van der Waals surface area contributed by atoms with Gasteiger partial charge in [-0.15, -0.1) is 0 Å². The van der Waals surface area contributed by atoms with Crippen molar-refractivity contribution in [2.75, 3.05) is 5.32 Å². The van der Waals surface area contributed by atoms with Crippen molar-refractivity contribution in [1.29, 1.82) is 5.26 Å². The molecule has 0 aliphatic carbocycles. The van der Waals surface area contributed by atoms with Crippen molar-refractivity contribution >= 4 is 22.6 Å². The second-order valence-corrected chi connectivity index (χ2v) is 4.91. The lowest BCUT2D eigenvalue weighted by atomic mass is 10.2. The van der Waals surface area contributed by atoms with E-state index in [-0.39, 0.29) is 18.0 Å². The molecule has 0 fully saturated rings. The molecule has 2 aromatic carbocycles. The largest absolute Gasteiger partial charge is 0.324 e. The van der Waals surface area contributed by atoms with E-state index in [2.05, 4.69) is 10.3 Å². The molecule has 0 radical (unpaired) electrons. The number of hydrogen-bond donors (Lipinski definition) is 1. The predicted molar refractivity (Wildman–Crippen MR) is 85.8 cm³/mol. The fourth-order valence-corrected chi connectivity index (χ4v) is 2.29. The van der Waals surface area contributed by atoms with Crippen LogP contribution in [0.5, 0.6) is 0 Å². The molecule has 0 bridgehead atoms. The topological polar surface area (TPSA) is 87.8 Å². The van der Waals surface area contributed by atoms with Crippen molar-refractivity contribution in [3.8, 4) is 6.07 Å². The summed E-state index contributed by atoms with van der Waals surface area (Å²) in [5, 5.41) is 11.6. The third-order valence-electron chi connectivity index (χ3n) is 3.33. The summed E-state index contributed by atoms with van der Waals surface area (Å²) in [5.41, 5.74) is 1.87. The Bertz CT molecular complexity index is 986. The quantitative estimate of drug-likeness (QED) is 0.800. The Morgan fingerprint density at radius 2 is 2.04 bits per heavy atom. The fraction of sp³-hybridized carbons (Fsp3) is 0.0588. The van der Waals surface area contributed by atoms with Crippen LogP contribution in [0.25, 0.3) is 11.0 Å². The van der Waals surface area contributed by atoms with E-state index in [9.17, 15) is 9.59 Å². The number of nitriles is 1. The number of amides is 1. The van der Waals surface area contributed by atoms with E-state index in [1.54, 1.807) is 42.5 Å². The summed E-state index contributed by atoms with van der Waals surface area (Å²) in [7, 11) is 0. The van der Waals surface area contributed by atoms with Crippen LogP contribution < -0.4 is 10.9 Å². The molecule has 1 N–H and O–H groups in total. The number of anilines is 1. The lowest BCUT2D eigenvalue weighted by molar-refractivity contribution is -0.116. The first-order valence-electron chi connectivity index (χ1n) is 6.92. The molecular formula is C17H12N4O2. The van der Waals surface area contributed by atoms with E-state index in [1.165, 1.54) is 10.8 Å². The average molecular weight is 304 g/mol. The van der Waals surface area contributed by atoms with Gasteiger partial charge in [0.15, 0.2) is 0 Å². The van der Waals surface area contributed by atoms with Gasteiger partial charge in [0.05, 0.1) is 28.9 Å². The molecule has 0 aliphatic rings. The third-order valence-corrected chi connectivity index (χ3v) is 3.33. The molecule has 3 rings (SSSR count). The van der Waals surface area contributed by atoms with Crippen LogP contribution in [0.4, 0.5) is 5.69 Å². The Morgan fingerprint density at radius 1 is 1.22 bits per heavy atom. The summed E-state index contributed by atoms with van der Waals surface area (Å²) in [6.45, 7) is -0.126. The Morgan fingerprint density at radius 3 is 2.87 bits per heavy atom. The van der Waals surface area contributed by atoms with Crippen LogP contribution in [0.2, 0.25) is 0 Å². The number of para-hydroxylation sites is 2. The van der Waals surface area contributed by atoms with Gasteiger partial charge in [-0.1, -0.05) is 18.2 Å². The van der Waals surface area contributed by atoms with E-state index in [1.807, 2.05) is 12.1 Å². The SMILES string of the molecule is N#Cc1cccc(NC(=O)Cn2c(=O)cnc3ccccc32)c1. The molecule has 6 nitrogen and oxygen atoms in total. The summed E-state index contributed by atoms with van der Waals surface area (Å²) >= 11 is 0. The van der Waals surface area contributed by atoms with Gasteiger partial charge in [0, 0.05) is 5.69 Å². The molecule has 0 atom stereocenters. The number of aromatic nitrogens is 2. The van der Waals surface area contributed by atoms with E-state index in [0.717, 1.165) is 0 Å². The average Bonchev–Trinajstić information content (AvgIpc) is 2.57. The number of fused-ring (bicyclic) bond motifs is 1. The first-order valence-corrected chi connectivity index (χ1v) is 6.92. The molecule has 0 unspecified atom stereocenters. The predicted octanol–water partition coefficient (Wildman–Crippen LogP) is 1.91. The molecule has 1 amide bonds. The second kappa shape index (κ2) is 6.12. The minimum Gasteiger partial charge on any atom is -0.324 e. The van der Waals surface area contributed by atoms with Crippen LogP contribution >= 0.6 is 0 Å². The van der Waals surface area contributed by atoms with Gasteiger partial charge in [-0.05, 0) is 30.3 Å². The zero-order valence-corrected chi connectivity index (χ0v) is 12.1. The zero-order chi connectivity index (χ0) is 16.2. The number of nitrogens with zero attached hydrogens (tertiary/aromatic N) is 3. The highest BCUT2D eigenvalue weighted by molar-refractivity contribution is 5.91. The maximum absolute atomic E-state index is 12.2. The first-order chi connectivity index (χ1) is 11.2. The molecular weight excluding hydrogens is 292 g/mol. The van der Waals surface area contributed by atoms with Crippen LogP contribution in [0.15, 0.2) is 59.5 Å². The van der Waals surface area contributed by atoms with Crippen molar-refractivity contribution in [1.82, 2.24) is 9.55 Å². The van der Waals surface area contributed by atoms with Gasteiger partial charge >= 0.3 is 0 Å². The Kier molecular flexibility index (Phi) is 3.85. The van der Waals surface area contributed by atoms with Crippen molar-refractivity contribution in [2.45, 2.75) is 6.54 Å². The Hall–Kier alpha value is -3.46. The third kappa shape index (κ3) is 3.09. The van der Waals surface area contributed by atoms with Crippen LogP contribution in [0.3, 0.4) is 0 Å². The number of benzene rings is 2. The molecule has 0 saturated carbocycles. The molecule has 1 heterocycles. The van der Waals surface area contributed by atoms with Crippen LogP contribution in [0.1, 0.15) is 5.56 Å². The number of hydrogen-bond acceptors (Lipinski definition) is 4. The van der Waals surface area contributed by atoms with Crippen LogP contribution in [-0.2, 0) is 11.3 Å². The van der Waals surface area contributed by atoms with Crippen molar-refractivity contribution in [2.24, 2.45) is 0 Å². The number of carbonyl (C=O) groups excluding carboxylic acids is 1. The van der Waals surface area contributed by atoms with Crippen molar-refractivity contribution < 1.29 is 4.79 Å². The summed E-state index contributed by atoms with van der Waals surface area (Å²) < 4.78 is 1.37. The van der Waals surface area contributed by atoms with Gasteiger partial charge < -0.3 is 5.32 Å². The van der Waals surface area contributed by atoms with Gasteiger partial charge in [-0.2, -0.15) is 5.26 Å². The van der Waals surface area contributed by atoms with Crippen LogP contribution in [0, 0.1) is 11.3 Å². The fourth-order valence-electron chi connectivity index (χ4n) is 2.29. The maximum Gasteiger partial charge on any atom is 0.269 e. The minimum absolute atomic E-state index is 0.126. The standard InChI is InChI=1S/C17H12N4O2/c18-9-12-4-3-5-13(8-12)20-16(22)11-21-15-7-2-1-6-14(15)19-10-17(21)23/h1-8,10H,11H2,(H,20,22). The van der Waals surface area contributed by atoms with Gasteiger partial charge in [0.25, 0.3) is 5.56 Å². The summed E-state index contributed by atoms with van der Waals surface area (Å²) in [4.78, 5) is 28.3. The summed E-state index contributed by atoms with van der Waals surface area (Å²) in [5.74, 6) is -0.349. The molecule has 1 aromatic heterocycles. The highest BCUT2D eigenvalue weighted by Crippen LogP contribution is 2.11. The smallest absolute Gasteiger partial charge is 0.269 e. The Balaban J connectivity index is 1.87. The minimum atomic E-state index is -0.349. The number of carbonyl (C=O) groups is 1. The molecule has 3 aromatic rings. The molecule has 6 heteroatoms. The van der Waals surface area contributed by atoms with Crippen molar-refractivity contribution in [3.05, 3.63) is 70.6 Å². The molecule has 23 heavy (non-hydrogen) atoms. The second-order valence-electron chi connectivity index (χ2n) is 4.91. The molecule has 112 valence electrons. The summed E-state index contributed by atoms with van der Waals surface area (Å²) in [6, 6.07) is 15.7. The highest BCUT2D eigenvalue weighted by Gasteiger charge is 2.09. The van der Waals surface area contributed by atoms with Gasteiger partial charge in [-0.3, -0.25) is 14.2 Å².